The summed E-state index contributed by atoms with van der Waals surface area (Å²) >= 11 is 0. The van der Waals surface area contributed by atoms with Crippen molar-refractivity contribution in [1.82, 2.24) is 5.32 Å². The summed E-state index contributed by atoms with van der Waals surface area (Å²) in [5.41, 5.74) is 1.45. The largest absolute Gasteiger partial charge is 0.314 e. The second-order valence-corrected chi connectivity index (χ2v) is 8.58. The zero-order chi connectivity index (χ0) is 14.2. The van der Waals surface area contributed by atoms with Gasteiger partial charge in [-0.05, 0) is 48.0 Å². The summed E-state index contributed by atoms with van der Waals surface area (Å²) in [6, 6.07) is 0.703. The Balaban J connectivity index is 2.63. The second kappa shape index (κ2) is 5.15. The average molecular weight is 253 g/mol. The minimum Gasteiger partial charge on any atom is -0.314 e. The van der Waals surface area contributed by atoms with Crippen LogP contribution in [0.5, 0.6) is 0 Å². The van der Waals surface area contributed by atoms with Gasteiger partial charge in [-0.25, -0.2) is 0 Å². The average Bonchev–Trinajstić information content (AvgIpc) is 2.58. The van der Waals surface area contributed by atoms with Crippen molar-refractivity contribution in [2.45, 2.75) is 80.7 Å². The second-order valence-electron chi connectivity index (χ2n) is 8.58. The maximum Gasteiger partial charge on any atom is 0.0106 e. The molecule has 0 bridgehead atoms. The van der Waals surface area contributed by atoms with Gasteiger partial charge in [0.25, 0.3) is 0 Å². The molecule has 1 nitrogen and oxygen atoms in total. The van der Waals surface area contributed by atoms with Crippen LogP contribution in [-0.2, 0) is 0 Å². The van der Waals surface area contributed by atoms with Crippen LogP contribution in [0.4, 0.5) is 0 Å². The molecule has 1 heteroatoms. The molecule has 0 spiro atoms. The standard InChI is InChI=1S/C17H35N/c1-9-12-18-13(10-11-15(2,3)4)14-16(5,6)17(14,7)8/h13-14,18H,9-12H2,1-8H3. The highest BCUT2D eigenvalue weighted by atomic mass is 15.0. The van der Waals surface area contributed by atoms with E-state index in [0.717, 1.165) is 12.5 Å². The van der Waals surface area contributed by atoms with Crippen molar-refractivity contribution in [1.29, 1.82) is 0 Å². The highest BCUT2D eigenvalue weighted by molar-refractivity contribution is 5.16. The quantitative estimate of drug-likeness (QED) is 0.712. The minimum atomic E-state index is 0.454. The van der Waals surface area contributed by atoms with E-state index in [1.807, 2.05) is 0 Å². The van der Waals surface area contributed by atoms with Gasteiger partial charge >= 0.3 is 0 Å². The molecule has 1 aliphatic rings. The highest BCUT2D eigenvalue weighted by Crippen LogP contribution is 2.70. The van der Waals surface area contributed by atoms with E-state index in [1.54, 1.807) is 0 Å². The molecule has 1 fully saturated rings. The molecule has 18 heavy (non-hydrogen) atoms. The molecule has 0 aromatic carbocycles. The highest BCUT2D eigenvalue weighted by Gasteiger charge is 2.66. The van der Waals surface area contributed by atoms with E-state index >= 15 is 0 Å². The zero-order valence-corrected chi connectivity index (χ0v) is 14.0. The van der Waals surface area contributed by atoms with Crippen LogP contribution in [0.1, 0.15) is 74.7 Å². The van der Waals surface area contributed by atoms with Crippen molar-refractivity contribution >= 4 is 0 Å². The van der Waals surface area contributed by atoms with Crippen molar-refractivity contribution in [3.05, 3.63) is 0 Å². The molecule has 0 amide bonds. The molecule has 1 saturated carbocycles. The molecule has 0 saturated heterocycles. The summed E-state index contributed by atoms with van der Waals surface area (Å²) in [7, 11) is 0. The first-order valence-electron chi connectivity index (χ1n) is 7.77. The SMILES string of the molecule is CCCNC(CCC(C)(C)C)C1C(C)(C)C1(C)C. The fourth-order valence-corrected chi connectivity index (χ4v) is 3.56. The predicted molar refractivity (Wildman–Crippen MR) is 81.8 cm³/mol. The van der Waals surface area contributed by atoms with Crippen LogP contribution >= 0.6 is 0 Å². The van der Waals surface area contributed by atoms with Gasteiger partial charge < -0.3 is 5.32 Å². The van der Waals surface area contributed by atoms with Crippen LogP contribution in [-0.4, -0.2) is 12.6 Å². The minimum absolute atomic E-state index is 0.454. The monoisotopic (exact) mass is 253 g/mol. The van der Waals surface area contributed by atoms with Crippen LogP contribution in [0.25, 0.3) is 0 Å². The van der Waals surface area contributed by atoms with Gasteiger partial charge in [-0.3, -0.25) is 0 Å². The van der Waals surface area contributed by atoms with Gasteiger partial charge in [-0.1, -0.05) is 55.4 Å². The molecular formula is C17H35N. The smallest absolute Gasteiger partial charge is 0.0106 e. The molecule has 1 N–H and O–H groups in total. The fourth-order valence-electron chi connectivity index (χ4n) is 3.56. The molecular weight excluding hydrogens is 218 g/mol. The Morgan fingerprint density at radius 3 is 1.89 bits per heavy atom. The lowest BCUT2D eigenvalue weighted by Crippen LogP contribution is -2.35. The van der Waals surface area contributed by atoms with E-state index < -0.39 is 0 Å². The Labute approximate surface area is 115 Å². The Morgan fingerprint density at radius 1 is 1.06 bits per heavy atom. The Hall–Kier alpha value is -0.0400. The number of hydrogen-bond acceptors (Lipinski definition) is 1. The first-order chi connectivity index (χ1) is 8.04. The predicted octanol–water partition coefficient (Wildman–Crippen LogP) is 4.86. The Morgan fingerprint density at radius 2 is 1.56 bits per heavy atom. The molecule has 108 valence electrons. The van der Waals surface area contributed by atoms with Crippen LogP contribution in [0.15, 0.2) is 0 Å². The molecule has 0 aromatic rings. The van der Waals surface area contributed by atoms with Gasteiger partial charge in [-0.15, -0.1) is 0 Å². The summed E-state index contributed by atoms with van der Waals surface area (Å²) in [5, 5.41) is 3.82. The maximum absolute atomic E-state index is 3.82. The number of nitrogens with one attached hydrogen (secondary N) is 1. The van der Waals surface area contributed by atoms with Crippen molar-refractivity contribution in [2.24, 2.45) is 22.2 Å². The number of rotatable bonds is 6. The third kappa shape index (κ3) is 3.29. The van der Waals surface area contributed by atoms with E-state index in [1.165, 1.54) is 19.3 Å². The van der Waals surface area contributed by atoms with E-state index in [-0.39, 0.29) is 0 Å². The summed E-state index contributed by atoms with van der Waals surface area (Å²) in [4.78, 5) is 0. The number of hydrogen-bond donors (Lipinski definition) is 1. The Kier molecular flexibility index (Phi) is 4.58. The van der Waals surface area contributed by atoms with Crippen LogP contribution < -0.4 is 5.32 Å². The van der Waals surface area contributed by atoms with Gasteiger partial charge in [0.15, 0.2) is 0 Å². The van der Waals surface area contributed by atoms with E-state index in [4.69, 9.17) is 0 Å². The van der Waals surface area contributed by atoms with Gasteiger partial charge in [-0.2, -0.15) is 0 Å². The molecule has 1 rings (SSSR count). The molecule has 0 heterocycles. The lowest BCUT2D eigenvalue weighted by atomic mass is 9.86. The normalized spacial score (nSPS) is 24.0. The van der Waals surface area contributed by atoms with E-state index in [0.29, 0.717) is 22.3 Å². The molecule has 1 aliphatic carbocycles. The van der Waals surface area contributed by atoms with Crippen molar-refractivity contribution < 1.29 is 0 Å². The van der Waals surface area contributed by atoms with Crippen molar-refractivity contribution in [3.63, 3.8) is 0 Å². The molecule has 0 aromatic heterocycles. The Bertz CT molecular complexity index is 256. The third-order valence-corrected chi connectivity index (χ3v) is 5.40. The summed E-state index contributed by atoms with van der Waals surface area (Å²) < 4.78 is 0. The molecule has 1 atom stereocenters. The third-order valence-electron chi connectivity index (χ3n) is 5.40. The topological polar surface area (TPSA) is 12.0 Å². The molecule has 0 radical (unpaired) electrons. The van der Waals surface area contributed by atoms with E-state index in [9.17, 15) is 0 Å². The first-order valence-corrected chi connectivity index (χ1v) is 7.77. The zero-order valence-electron chi connectivity index (χ0n) is 14.0. The first kappa shape index (κ1) is 16.0. The lowest BCUT2D eigenvalue weighted by Gasteiger charge is -2.25. The summed E-state index contributed by atoms with van der Waals surface area (Å²) in [5.74, 6) is 0.832. The van der Waals surface area contributed by atoms with Gasteiger partial charge in [0, 0.05) is 6.04 Å². The van der Waals surface area contributed by atoms with Crippen LogP contribution in [0, 0.1) is 22.2 Å². The van der Waals surface area contributed by atoms with Gasteiger partial charge in [0.2, 0.25) is 0 Å². The molecule has 0 aliphatic heterocycles. The van der Waals surface area contributed by atoms with Gasteiger partial charge in [0.1, 0.15) is 0 Å². The lowest BCUT2D eigenvalue weighted by molar-refractivity contribution is 0.296. The van der Waals surface area contributed by atoms with Crippen molar-refractivity contribution in [3.8, 4) is 0 Å². The summed E-state index contributed by atoms with van der Waals surface area (Å²) in [6.45, 7) is 20.2. The van der Waals surface area contributed by atoms with E-state index in [2.05, 4.69) is 60.7 Å². The fraction of sp³-hybridized carbons (Fsp3) is 1.00. The molecule has 1 unspecified atom stereocenters. The maximum atomic E-state index is 3.82. The van der Waals surface area contributed by atoms with Crippen molar-refractivity contribution in [2.75, 3.05) is 6.54 Å². The van der Waals surface area contributed by atoms with Crippen LogP contribution in [0.2, 0.25) is 0 Å². The van der Waals surface area contributed by atoms with Gasteiger partial charge in [0.05, 0.1) is 0 Å². The van der Waals surface area contributed by atoms with Crippen LogP contribution in [0.3, 0.4) is 0 Å². The summed E-state index contributed by atoms with van der Waals surface area (Å²) in [6.07, 6.45) is 3.87.